The van der Waals surface area contributed by atoms with E-state index in [4.69, 9.17) is 0 Å². The van der Waals surface area contributed by atoms with Gasteiger partial charge in [0, 0.05) is 11.6 Å². The molecule has 15 heavy (non-hydrogen) atoms. The van der Waals surface area contributed by atoms with Crippen molar-refractivity contribution in [1.82, 2.24) is 9.97 Å². The third-order valence-electron chi connectivity index (χ3n) is 2.28. The summed E-state index contributed by atoms with van der Waals surface area (Å²) in [5.74, 6) is 0. The largest absolute Gasteiger partial charge is 0.288 e. The maximum Gasteiger partial charge on any atom is 0.198 e. The van der Waals surface area contributed by atoms with Gasteiger partial charge < -0.3 is 0 Å². The van der Waals surface area contributed by atoms with E-state index in [0.29, 0.717) is 16.3 Å². The zero-order valence-electron chi connectivity index (χ0n) is 7.68. The average Bonchev–Trinajstić information content (AvgIpc) is 2.69. The van der Waals surface area contributed by atoms with Crippen LogP contribution in [-0.4, -0.2) is 9.97 Å². The number of hydrogen-bond acceptors (Lipinski definition) is 4. The summed E-state index contributed by atoms with van der Waals surface area (Å²) in [6.45, 7) is 0. The summed E-state index contributed by atoms with van der Waals surface area (Å²) in [4.78, 5) is 21.2. The van der Waals surface area contributed by atoms with Gasteiger partial charge in [-0.15, -0.1) is 11.3 Å². The van der Waals surface area contributed by atoms with Crippen molar-refractivity contribution in [1.29, 1.82) is 0 Å². The summed E-state index contributed by atoms with van der Waals surface area (Å²) in [7, 11) is 0. The fourth-order valence-electron chi connectivity index (χ4n) is 1.55. The summed E-state index contributed by atoms with van der Waals surface area (Å²) in [6.07, 6.45) is 3.31. The number of aromatic nitrogens is 2. The Morgan fingerprint density at radius 1 is 1.13 bits per heavy atom. The van der Waals surface area contributed by atoms with E-state index < -0.39 is 0 Å². The summed E-state index contributed by atoms with van der Waals surface area (Å²) in [6, 6.07) is 5.35. The number of fused-ring (bicyclic) bond motifs is 2. The molecule has 3 aromatic rings. The Kier molecular flexibility index (Phi) is 1.76. The lowest BCUT2D eigenvalue weighted by molar-refractivity contribution is 1.38. The Hall–Kier alpha value is -1.81. The summed E-state index contributed by atoms with van der Waals surface area (Å²) >= 11 is 1.47. The van der Waals surface area contributed by atoms with Gasteiger partial charge in [-0.05, 0) is 23.6 Å². The van der Waals surface area contributed by atoms with Crippen LogP contribution in [0.1, 0.15) is 0 Å². The van der Waals surface area contributed by atoms with Gasteiger partial charge in [0.2, 0.25) is 0 Å². The predicted octanol–water partition coefficient (Wildman–Crippen LogP) is 2.20. The number of pyridine rings is 1. The molecule has 0 aliphatic rings. The Labute approximate surface area is 89.0 Å². The van der Waals surface area contributed by atoms with Crippen LogP contribution in [-0.2, 0) is 0 Å². The van der Waals surface area contributed by atoms with E-state index >= 15 is 0 Å². The first kappa shape index (κ1) is 8.49. The number of hydrogen-bond donors (Lipinski definition) is 0. The van der Waals surface area contributed by atoms with Gasteiger partial charge in [0.25, 0.3) is 0 Å². The minimum absolute atomic E-state index is 0.00634. The van der Waals surface area contributed by atoms with Crippen molar-refractivity contribution in [3.05, 3.63) is 46.2 Å². The van der Waals surface area contributed by atoms with Crippen molar-refractivity contribution in [2.24, 2.45) is 0 Å². The molecule has 3 rings (SSSR count). The summed E-state index contributed by atoms with van der Waals surface area (Å²) in [5.41, 5.74) is 0.651. The van der Waals surface area contributed by atoms with Crippen molar-refractivity contribution >= 4 is 32.5 Å². The van der Waals surface area contributed by atoms with Crippen LogP contribution in [0.4, 0.5) is 0 Å². The average molecular weight is 214 g/mol. The molecule has 0 atom stereocenters. The fraction of sp³-hybridized carbons (Fsp3) is 0. The minimum atomic E-state index is 0.00634. The number of nitrogens with zero attached hydrogens (tertiary/aromatic N) is 2. The Morgan fingerprint density at radius 3 is 3.00 bits per heavy atom. The quantitative estimate of drug-likeness (QED) is 0.576. The first-order chi connectivity index (χ1) is 7.36. The zero-order chi connectivity index (χ0) is 10.3. The molecule has 0 amide bonds. The van der Waals surface area contributed by atoms with E-state index in [9.17, 15) is 4.79 Å². The number of rotatable bonds is 0. The van der Waals surface area contributed by atoms with Crippen LogP contribution in [0.3, 0.4) is 0 Å². The third kappa shape index (κ3) is 1.22. The van der Waals surface area contributed by atoms with Gasteiger partial charge in [0.1, 0.15) is 4.83 Å². The monoisotopic (exact) mass is 214 g/mol. The molecule has 0 saturated heterocycles. The molecule has 0 bridgehead atoms. The molecule has 0 unspecified atom stereocenters. The zero-order valence-corrected chi connectivity index (χ0v) is 8.49. The summed E-state index contributed by atoms with van der Waals surface area (Å²) < 4.78 is 0. The Morgan fingerprint density at radius 2 is 2.07 bits per heavy atom. The Balaban J connectivity index is 2.71. The van der Waals surface area contributed by atoms with Gasteiger partial charge in [-0.2, -0.15) is 0 Å². The van der Waals surface area contributed by atoms with Gasteiger partial charge in [-0.1, -0.05) is 0 Å². The van der Waals surface area contributed by atoms with Crippen LogP contribution in [0.15, 0.2) is 40.8 Å². The highest BCUT2D eigenvalue weighted by Crippen LogP contribution is 2.15. The van der Waals surface area contributed by atoms with E-state index in [2.05, 4.69) is 9.97 Å². The molecular weight excluding hydrogens is 208 g/mol. The molecule has 0 N–H and O–H groups in total. The van der Waals surface area contributed by atoms with Crippen LogP contribution < -0.4 is 5.43 Å². The van der Waals surface area contributed by atoms with Crippen molar-refractivity contribution < 1.29 is 0 Å². The van der Waals surface area contributed by atoms with E-state index in [1.54, 1.807) is 24.5 Å². The van der Waals surface area contributed by atoms with Crippen molar-refractivity contribution in [3.8, 4) is 0 Å². The van der Waals surface area contributed by atoms with Crippen LogP contribution in [0, 0.1) is 0 Å². The molecule has 3 heterocycles. The maximum absolute atomic E-state index is 12.1. The van der Waals surface area contributed by atoms with E-state index in [1.165, 1.54) is 11.3 Å². The van der Waals surface area contributed by atoms with Gasteiger partial charge in [-0.25, -0.2) is 4.98 Å². The van der Waals surface area contributed by atoms with Gasteiger partial charge >= 0.3 is 0 Å². The molecule has 0 spiro atoms. The second-order valence-electron chi connectivity index (χ2n) is 3.16. The van der Waals surface area contributed by atoms with Gasteiger partial charge in [0.15, 0.2) is 5.43 Å². The normalized spacial score (nSPS) is 10.9. The molecular formula is C11H6N2OS. The lowest BCUT2D eigenvalue weighted by Gasteiger charge is -1.86. The van der Waals surface area contributed by atoms with Crippen LogP contribution in [0.5, 0.6) is 0 Å². The molecule has 4 heteroatoms. The van der Waals surface area contributed by atoms with Crippen LogP contribution in [0.2, 0.25) is 0 Å². The van der Waals surface area contributed by atoms with E-state index in [-0.39, 0.29) is 5.43 Å². The van der Waals surface area contributed by atoms with E-state index in [0.717, 1.165) is 4.83 Å². The molecule has 0 saturated carbocycles. The van der Waals surface area contributed by atoms with Gasteiger partial charge in [0.05, 0.1) is 17.1 Å². The highest BCUT2D eigenvalue weighted by molar-refractivity contribution is 7.16. The third-order valence-corrected chi connectivity index (χ3v) is 3.10. The highest BCUT2D eigenvalue weighted by Gasteiger charge is 2.03. The molecule has 72 valence electrons. The van der Waals surface area contributed by atoms with Crippen molar-refractivity contribution in [2.45, 2.75) is 0 Å². The maximum atomic E-state index is 12.1. The molecule has 0 aliphatic heterocycles. The fourth-order valence-corrected chi connectivity index (χ4v) is 2.29. The van der Waals surface area contributed by atoms with Crippen LogP contribution >= 0.6 is 11.3 Å². The smallest absolute Gasteiger partial charge is 0.198 e. The van der Waals surface area contributed by atoms with E-state index in [1.807, 2.05) is 11.4 Å². The first-order valence-corrected chi connectivity index (χ1v) is 5.35. The summed E-state index contributed by atoms with van der Waals surface area (Å²) in [5, 5.41) is 3.17. The Bertz CT molecular complexity index is 705. The lowest BCUT2D eigenvalue weighted by Crippen LogP contribution is -1.96. The van der Waals surface area contributed by atoms with Crippen molar-refractivity contribution in [3.63, 3.8) is 0 Å². The minimum Gasteiger partial charge on any atom is -0.288 e. The lowest BCUT2D eigenvalue weighted by atomic mass is 10.2. The standard InChI is InChI=1S/C11H6N2OS/c14-10-7-2-1-4-12-9(7)6-13-11-8(10)3-5-15-11/h1-6H. The SMILES string of the molecule is O=c1c2cccnc2cnc2sccc12. The molecule has 0 aromatic carbocycles. The second kappa shape index (κ2) is 3.10. The topological polar surface area (TPSA) is 42.9 Å². The molecule has 0 aliphatic carbocycles. The van der Waals surface area contributed by atoms with Crippen LogP contribution in [0.25, 0.3) is 21.1 Å². The molecule has 0 fully saturated rings. The first-order valence-electron chi connectivity index (χ1n) is 4.47. The number of thiophene rings is 1. The second-order valence-corrected chi connectivity index (χ2v) is 4.06. The molecule has 3 nitrogen and oxygen atoms in total. The molecule has 3 aromatic heterocycles. The van der Waals surface area contributed by atoms with Crippen molar-refractivity contribution in [2.75, 3.05) is 0 Å². The predicted molar refractivity (Wildman–Crippen MR) is 61.2 cm³/mol. The molecule has 0 radical (unpaired) electrons. The van der Waals surface area contributed by atoms with Gasteiger partial charge in [-0.3, -0.25) is 9.78 Å². The highest BCUT2D eigenvalue weighted by atomic mass is 32.1.